The lowest BCUT2D eigenvalue weighted by Gasteiger charge is -2.34. The van der Waals surface area contributed by atoms with E-state index < -0.39 is 11.9 Å². The van der Waals surface area contributed by atoms with Crippen LogP contribution >= 0.6 is 0 Å². The number of benzene rings is 1. The highest BCUT2D eigenvalue weighted by atomic mass is 19.3. The van der Waals surface area contributed by atoms with E-state index in [1.807, 2.05) is 0 Å². The zero-order chi connectivity index (χ0) is 16.5. The molecule has 1 aromatic rings. The number of alkyl halides is 2. The maximum Gasteiger partial charge on any atom is 0.335 e. The molecule has 0 unspecified atom stereocenters. The quantitative estimate of drug-likeness (QED) is 0.931. The highest BCUT2D eigenvalue weighted by molar-refractivity contribution is 5.97. The molecule has 4 nitrogen and oxygen atoms in total. The first kappa shape index (κ1) is 16.4. The highest BCUT2D eigenvalue weighted by Crippen LogP contribution is 2.35. The van der Waals surface area contributed by atoms with Crippen molar-refractivity contribution in [3.8, 4) is 0 Å². The molecule has 1 aromatic carbocycles. The molecule has 0 spiro atoms. The van der Waals surface area contributed by atoms with Crippen molar-refractivity contribution in [2.24, 2.45) is 0 Å². The van der Waals surface area contributed by atoms with Crippen molar-refractivity contribution >= 4 is 11.9 Å². The first-order valence-electron chi connectivity index (χ1n) is 7.20. The van der Waals surface area contributed by atoms with Gasteiger partial charge in [0.1, 0.15) is 0 Å². The molecule has 0 aliphatic heterocycles. The molecule has 0 saturated heterocycles. The van der Waals surface area contributed by atoms with E-state index in [-0.39, 0.29) is 43.2 Å². The summed E-state index contributed by atoms with van der Waals surface area (Å²) in [5, 5.41) is 8.93. The van der Waals surface area contributed by atoms with Crippen LogP contribution in [0, 0.1) is 6.92 Å². The van der Waals surface area contributed by atoms with Crippen LogP contribution < -0.4 is 0 Å². The molecule has 0 bridgehead atoms. The van der Waals surface area contributed by atoms with Crippen molar-refractivity contribution in [2.75, 3.05) is 7.05 Å². The zero-order valence-corrected chi connectivity index (χ0v) is 12.6. The van der Waals surface area contributed by atoms with Crippen molar-refractivity contribution in [3.63, 3.8) is 0 Å². The van der Waals surface area contributed by atoms with Gasteiger partial charge in [0.2, 0.25) is 5.92 Å². The van der Waals surface area contributed by atoms with E-state index in [1.165, 1.54) is 23.1 Å². The lowest BCUT2D eigenvalue weighted by molar-refractivity contribution is -0.0490. The van der Waals surface area contributed by atoms with Crippen LogP contribution in [-0.4, -0.2) is 40.9 Å². The third-order valence-electron chi connectivity index (χ3n) is 4.26. The fourth-order valence-corrected chi connectivity index (χ4v) is 2.80. The van der Waals surface area contributed by atoms with Gasteiger partial charge in [0.15, 0.2) is 0 Å². The van der Waals surface area contributed by atoms with Gasteiger partial charge in [-0.15, -0.1) is 0 Å². The van der Waals surface area contributed by atoms with E-state index in [1.54, 1.807) is 14.0 Å². The molecular formula is C16H19F2NO3. The molecule has 6 heteroatoms. The number of aryl methyl sites for hydroxylation is 1. The number of hydrogen-bond donors (Lipinski definition) is 1. The highest BCUT2D eigenvalue weighted by Gasteiger charge is 2.37. The van der Waals surface area contributed by atoms with Gasteiger partial charge >= 0.3 is 5.97 Å². The normalized spacial score (nSPS) is 18.0. The number of carbonyl (C=O) groups excluding carboxylic acids is 1. The molecule has 1 aliphatic carbocycles. The average Bonchev–Trinajstić information content (AvgIpc) is 2.45. The molecule has 0 heterocycles. The maximum absolute atomic E-state index is 13.2. The number of carboxylic acids is 1. The Bertz CT molecular complexity index is 591. The molecule has 1 amide bonds. The minimum atomic E-state index is -2.63. The van der Waals surface area contributed by atoms with E-state index in [9.17, 15) is 18.4 Å². The van der Waals surface area contributed by atoms with Crippen molar-refractivity contribution in [1.29, 1.82) is 0 Å². The van der Waals surface area contributed by atoms with Gasteiger partial charge in [0, 0.05) is 31.5 Å². The maximum atomic E-state index is 13.2. The summed E-state index contributed by atoms with van der Waals surface area (Å²) in [6, 6.07) is 4.10. The van der Waals surface area contributed by atoms with Crippen LogP contribution in [0.25, 0.3) is 0 Å². The molecular weight excluding hydrogens is 292 g/mol. The number of amides is 1. The molecule has 1 fully saturated rings. The number of carboxylic acid groups (broad SMARTS) is 1. The van der Waals surface area contributed by atoms with E-state index in [2.05, 4.69) is 0 Å². The van der Waals surface area contributed by atoms with Crippen molar-refractivity contribution in [1.82, 2.24) is 4.90 Å². The van der Waals surface area contributed by atoms with Gasteiger partial charge in [-0.3, -0.25) is 4.79 Å². The number of nitrogens with zero attached hydrogens (tertiary/aromatic N) is 1. The molecule has 0 atom stereocenters. The van der Waals surface area contributed by atoms with Crippen LogP contribution in [0.3, 0.4) is 0 Å². The summed E-state index contributed by atoms with van der Waals surface area (Å²) in [4.78, 5) is 24.9. The van der Waals surface area contributed by atoms with Crippen LogP contribution in [0.1, 0.15) is 52.0 Å². The minimum Gasteiger partial charge on any atom is -0.478 e. The van der Waals surface area contributed by atoms with Gasteiger partial charge in [-0.05, 0) is 43.5 Å². The van der Waals surface area contributed by atoms with Crippen LogP contribution in [-0.2, 0) is 0 Å². The predicted octanol–water partition coefficient (Wildman–Crippen LogP) is 3.34. The number of rotatable bonds is 3. The average molecular weight is 311 g/mol. The van der Waals surface area contributed by atoms with Crippen molar-refractivity contribution < 1.29 is 23.5 Å². The van der Waals surface area contributed by atoms with Gasteiger partial charge in [-0.2, -0.15) is 0 Å². The van der Waals surface area contributed by atoms with Gasteiger partial charge in [0.05, 0.1) is 5.56 Å². The van der Waals surface area contributed by atoms with E-state index in [0.29, 0.717) is 11.1 Å². The standard InChI is InChI=1S/C16H19F2NO3/c1-10-9-11(15(21)22)3-4-13(10)14(20)19(2)12-5-7-16(17,18)8-6-12/h3-4,9,12H,5-8H2,1-2H3,(H,21,22). The molecule has 0 radical (unpaired) electrons. The second-order valence-corrected chi connectivity index (χ2v) is 5.84. The Labute approximate surface area is 127 Å². The molecule has 0 aromatic heterocycles. The predicted molar refractivity (Wildman–Crippen MR) is 77.4 cm³/mol. The molecule has 1 aliphatic rings. The van der Waals surface area contributed by atoms with Crippen LogP contribution in [0.15, 0.2) is 18.2 Å². The summed E-state index contributed by atoms with van der Waals surface area (Å²) in [6.07, 6.45) is 0.154. The topological polar surface area (TPSA) is 57.6 Å². The van der Waals surface area contributed by atoms with Gasteiger partial charge in [-0.25, -0.2) is 13.6 Å². The first-order chi connectivity index (χ1) is 10.2. The Hall–Kier alpha value is -1.98. The number of halogens is 2. The Balaban J connectivity index is 2.13. The number of hydrogen-bond acceptors (Lipinski definition) is 2. The van der Waals surface area contributed by atoms with Gasteiger partial charge < -0.3 is 10.0 Å². The smallest absolute Gasteiger partial charge is 0.335 e. The fraction of sp³-hybridized carbons (Fsp3) is 0.500. The van der Waals surface area contributed by atoms with Crippen LogP contribution in [0.2, 0.25) is 0 Å². The van der Waals surface area contributed by atoms with Crippen LogP contribution in [0.4, 0.5) is 8.78 Å². The monoisotopic (exact) mass is 311 g/mol. The summed E-state index contributed by atoms with van der Waals surface area (Å²) in [5.74, 6) is -3.94. The van der Waals surface area contributed by atoms with Gasteiger partial charge in [-0.1, -0.05) is 0 Å². The summed E-state index contributed by atoms with van der Waals surface area (Å²) in [7, 11) is 1.61. The van der Waals surface area contributed by atoms with E-state index >= 15 is 0 Å². The summed E-state index contributed by atoms with van der Waals surface area (Å²) < 4.78 is 26.4. The number of aromatic carboxylic acids is 1. The lowest BCUT2D eigenvalue weighted by atomic mass is 9.91. The Kier molecular flexibility index (Phi) is 4.49. The second-order valence-electron chi connectivity index (χ2n) is 5.84. The Morgan fingerprint density at radius 1 is 1.27 bits per heavy atom. The Morgan fingerprint density at radius 2 is 1.86 bits per heavy atom. The molecule has 22 heavy (non-hydrogen) atoms. The summed E-state index contributed by atoms with van der Waals surface area (Å²) in [5.41, 5.74) is 1.09. The number of carbonyl (C=O) groups is 2. The largest absolute Gasteiger partial charge is 0.478 e. The lowest BCUT2D eigenvalue weighted by Crippen LogP contribution is -2.42. The summed E-state index contributed by atoms with van der Waals surface area (Å²) >= 11 is 0. The molecule has 2 rings (SSSR count). The van der Waals surface area contributed by atoms with Gasteiger partial charge in [0.25, 0.3) is 5.91 Å². The molecule has 1 saturated carbocycles. The molecule has 1 N–H and O–H groups in total. The first-order valence-corrected chi connectivity index (χ1v) is 7.20. The fourth-order valence-electron chi connectivity index (χ4n) is 2.80. The zero-order valence-electron chi connectivity index (χ0n) is 12.6. The third-order valence-corrected chi connectivity index (χ3v) is 4.26. The minimum absolute atomic E-state index is 0.119. The van der Waals surface area contributed by atoms with Crippen LogP contribution in [0.5, 0.6) is 0 Å². The second kappa shape index (κ2) is 6.02. The van der Waals surface area contributed by atoms with E-state index in [0.717, 1.165) is 0 Å². The van der Waals surface area contributed by atoms with Crippen molar-refractivity contribution in [2.45, 2.75) is 44.6 Å². The van der Waals surface area contributed by atoms with E-state index in [4.69, 9.17) is 5.11 Å². The summed E-state index contributed by atoms with van der Waals surface area (Å²) in [6.45, 7) is 1.67. The SMILES string of the molecule is Cc1cc(C(=O)O)ccc1C(=O)N(C)C1CCC(F)(F)CC1. The molecule has 120 valence electrons. The Morgan fingerprint density at radius 3 is 2.36 bits per heavy atom. The third kappa shape index (κ3) is 3.43. The van der Waals surface area contributed by atoms with Crippen molar-refractivity contribution in [3.05, 3.63) is 34.9 Å².